The van der Waals surface area contributed by atoms with Crippen LogP contribution in [0.2, 0.25) is 0 Å². The molecule has 0 radical (unpaired) electrons. The Hall–Kier alpha value is -2.33. The van der Waals surface area contributed by atoms with Crippen LogP contribution < -0.4 is 4.74 Å². The van der Waals surface area contributed by atoms with E-state index in [-0.39, 0.29) is 18.1 Å². The number of methoxy groups -OCH3 is 1. The van der Waals surface area contributed by atoms with Gasteiger partial charge in [-0.2, -0.15) is 0 Å². The number of amides is 1. The standard InChI is InChI=1S/C20H23NO3/c1-14-7-9-16(10-8-14)19-13-21(12-15(2)24-19)20(22)17-5-4-6-18(11-17)23-3/h4-11,15,19H,12-13H2,1-3H3. The van der Waals surface area contributed by atoms with Gasteiger partial charge in [0.2, 0.25) is 0 Å². The summed E-state index contributed by atoms with van der Waals surface area (Å²) < 4.78 is 11.3. The number of ether oxygens (including phenoxy) is 2. The molecule has 1 saturated heterocycles. The number of hydrogen-bond donors (Lipinski definition) is 0. The van der Waals surface area contributed by atoms with Crippen molar-refractivity contribution in [2.75, 3.05) is 20.2 Å². The second kappa shape index (κ2) is 7.05. The second-order valence-corrected chi connectivity index (χ2v) is 6.29. The summed E-state index contributed by atoms with van der Waals surface area (Å²) in [7, 11) is 1.60. The average molecular weight is 325 g/mol. The number of carbonyl (C=O) groups is 1. The number of carbonyl (C=O) groups excluding carboxylic acids is 1. The van der Waals surface area contributed by atoms with E-state index in [2.05, 4.69) is 31.2 Å². The Balaban J connectivity index is 1.79. The summed E-state index contributed by atoms with van der Waals surface area (Å²) >= 11 is 0. The molecule has 4 nitrogen and oxygen atoms in total. The lowest BCUT2D eigenvalue weighted by molar-refractivity contribution is -0.0691. The van der Waals surface area contributed by atoms with Gasteiger partial charge < -0.3 is 14.4 Å². The summed E-state index contributed by atoms with van der Waals surface area (Å²) in [6.45, 7) is 5.22. The Kier molecular flexibility index (Phi) is 4.86. The minimum absolute atomic E-state index is 0.000360. The minimum atomic E-state index is -0.0936. The van der Waals surface area contributed by atoms with Gasteiger partial charge in [-0.25, -0.2) is 0 Å². The van der Waals surface area contributed by atoms with E-state index in [9.17, 15) is 4.79 Å². The summed E-state index contributed by atoms with van der Waals surface area (Å²) in [5.74, 6) is 0.707. The van der Waals surface area contributed by atoms with Gasteiger partial charge in [0.05, 0.1) is 19.8 Å². The maximum atomic E-state index is 12.9. The number of morpholine rings is 1. The molecule has 2 unspecified atom stereocenters. The first kappa shape index (κ1) is 16.5. The smallest absolute Gasteiger partial charge is 0.254 e. The molecule has 1 heterocycles. The van der Waals surface area contributed by atoms with Gasteiger partial charge in [0.25, 0.3) is 5.91 Å². The van der Waals surface area contributed by atoms with Crippen molar-refractivity contribution >= 4 is 5.91 Å². The van der Waals surface area contributed by atoms with Crippen LogP contribution in [0.15, 0.2) is 48.5 Å². The zero-order valence-electron chi connectivity index (χ0n) is 14.4. The first-order valence-corrected chi connectivity index (χ1v) is 8.22. The van der Waals surface area contributed by atoms with Crippen LogP contribution in [0.4, 0.5) is 0 Å². The Morgan fingerprint density at radius 1 is 1.17 bits per heavy atom. The maximum Gasteiger partial charge on any atom is 0.254 e. The van der Waals surface area contributed by atoms with E-state index in [1.807, 2.05) is 30.0 Å². The molecule has 0 aromatic heterocycles. The lowest BCUT2D eigenvalue weighted by Crippen LogP contribution is -2.45. The molecule has 2 aromatic rings. The Bertz CT molecular complexity index is 711. The van der Waals surface area contributed by atoms with E-state index in [0.717, 1.165) is 5.56 Å². The summed E-state index contributed by atoms with van der Waals surface area (Å²) in [6.07, 6.45) is -0.0940. The fourth-order valence-electron chi connectivity index (χ4n) is 3.02. The zero-order chi connectivity index (χ0) is 17.1. The number of nitrogens with zero attached hydrogens (tertiary/aromatic N) is 1. The molecule has 3 rings (SSSR count). The van der Waals surface area contributed by atoms with Crippen LogP contribution in [-0.4, -0.2) is 37.1 Å². The fraction of sp³-hybridized carbons (Fsp3) is 0.350. The molecule has 126 valence electrons. The Morgan fingerprint density at radius 2 is 1.92 bits per heavy atom. The van der Waals surface area contributed by atoms with Crippen molar-refractivity contribution in [3.8, 4) is 5.75 Å². The second-order valence-electron chi connectivity index (χ2n) is 6.29. The predicted molar refractivity (Wildman–Crippen MR) is 93.4 cm³/mol. The topological polar surface area (TPSA) is 38.8 Å². The van der Waals surface area contributed by atoms with Gasteiger partial charge in [0.15, 0.2) is 0 Å². The molecule has 1 fully saturated rings. The lowest BCUT2D eigenvalue weighted by atomic mass is 10.0. The molecular weight excluding hydrogens is 302 g/mol. The fourth-order valence-corrected chi connectivity index (χ4v) is 3.02. The van der Waals surface area contributed by atoms with Gasteiger partial charge in [-0.3, -0.25) is 4.79 Å². The Labute approximate surface area is 143 Å². The number of aryl methyl sites for hydroxylation is 1. The van der Waals surface area contributed by atoms with Crippen molar-refractivity contribution in [3.63, 3.8) is 0 Å². The molecule has 24 heavy (non-hydrogen) atoms. The third-order valence-corrected chi connectivity index (χ3v) is 4.31. The third-order valence-electron chi connectivity index (χ3n) is 4.31. The average Bonchev–Trinajstić information content (AvgIpc) is 2.61. The number of hydrogen-bond acceptors (Lipinski definition) is 3. The molecule has 2 aromatic carbocycles. The molecule has 2 atom stereocenters. The maximum absolute atomic E-state index is 12.9. The van der Waals surface area contributed by atoms with E-state index in [1.165, 1.54) is 5.56 Å². The van der Waals surface area contributed by atoms with Crippen LogP contribution >= 0.6 is 0 Å². The quantitative estimate of drug-likeness (QED) is 0.865. The third kappa shape index (κ3) is 3.60. The van der Waals surface area contributed by atoms with Crippen LogP contribution in [0, 0.1) is 6.92 Å². The monoisotopic (exact) mass is 325 g/mol. The van der Waals surface area contributed by atoms with Gasteiger partial charge in [-0.05, 0) is 37.6 Å². The molecule has 1 aliphatic rings. The van der Waals surface area contributed by atoms with Crippen LogP contribution in [0.5, 0.6) is 5.75 Å². The predicted octanol–water partition coefficient (Wildman–Crippen LogP) is 3.61. The molecule has 1 amide bonds. The van der Waals surface area contributed by atoms with Crippen LogP contribution in [0.25, 0.3) is 0 Å². The van der Waals surface area contributed by atoms with Crippen molar-refractivity contribution in [1.82, 2.24) is 4.90 Å². The first-order chi connectivity index (χ1) is 11.6. The van der Waals surface area contributed by atoms with Crippen LogP contribution in [0.3, 0.4) is 0 Å². The van der Waals surface area contributed by atoms with E-state index < -0.39 is 0 Å². The van der Waals surface area contributed by atoms with E-state index in [0.29, 0.717) is 24.4 Å². The minimum Gasteiger partial charge on any atom is -0.497 e. The number of benzene rings is 2. The van der Waals surface area contributed by atoms with E-state index in [4.69, 9.17) is 9.47 Å². The highest BCUT2D eigenvalue weighted by Crippen LogP contribution is 2.27. The molecule has 0 spiro atoms. The highest BCUT2D eigenvalue weighted by Gasteiger charge is 2.30. The van der Waals surface area contributed by atoms with E-state index in [1.54, 1.807) is 13.2 Å². The van der Waals surface area contributed by atoms with Gasteiger partial charge in [-0.1, -0.05) is 35.9 Å². The van der Waals surface area contributed by atoms with Crippen molar-refractivity contribution < 1.29 is 14.3 Å². The summed E-state index contributed by atoms with van der Waals surface area (Å²) in [6, 6.07) is 15.6. The largest absolute Gasteiger partial charge is 0.497 e. The van der Waals surface area contributed by atoms with Gasteiger partial charge in [0.1, 0.15) is 11.9 Å². The molecule has 4 heteroatoms. The SMILES string of the molecule is COc1cccc(C(=O)N2CC(C)OC(c3ccc(C)cc3)C2)c1. The Morgan fingerprint density at radius 3 is 2.62 bits per heavy atom. The molecule has 0 bridgehead atoms. The normalized spacial score (nSPS) is 20.7. The summed E-state index contributed by atoms with van der Waals surface area (Å²) in [5, 5.41) is 0. The highest BCUT2D eigenvalue weighted by atomic mass is 16.5. The molecule has 0 N–H and O–H groups in total. The lowest BCUT2D eigenvalue weighted by Gasteiger charge is -2.37. The van der Waals surface area contributed by atoms with Crippen molar-refractivity contribution in [2.45, 2.75) is 26.1 Å². The molecule has 1 aliphatic heterocycles. The molecule has 0 aliphatic carbocycles. The highest BCUT2D eigenvalue weighted by molar-refractivity contribution is 5.94. The molecular formula is C20H23NO3. The van der Waals surface area contributed by atoms with Crippen molar-refractivity contribution in [1.29, 1.82) is 0 Å². The van der Waals surface area contributed by atoms with Crippen molar-refractivity contribution in [2.24, 2.45) is 0 Å². The van der Waals surface area contributed by atoms with Gasteiger partial charge in [-0.15, -0.1) is 0 Å². The first-order valence-electron chi connectivity index (χ1n) is 8.22. The number of rotatable bonds is 3. The summed E-state index contributed by atoms with van der Waals surface area (Å²) in [5.41, 5.74) is 2.97. The molecule has 0 saturated carbocycles. The van der Waals surface area contributed by atoms with E-state index >= 15 is 0 Å². The van der Waals surface area contributed by atoms with Crippen LogP contribution in [-0.2, 0) is 4.74 Å². The van der Waals surface area contributed by atoms with Gasteiger partial charge in [0, 0.05) is 12.1 Å². The van der Waals surface area contributed by atoms with Gasteiger partial charge >= 0.3 is 0 Å². The van der Waals surface area contributed by atoms with Crippen LogP contribution in [0.1, 0.15) is 34.5 Å². The van der Waals surface area contributed by atoms with Crippen molar-refractivity contribution in [3.05, 3.63) is 65.2 Å². The zero-order valence-corrected chi connectivity index (χ0v) is 14.4. The summed E-state index contributed by atoms with van der Waals surface area (Å²) in [4.78, 5) is 14.7.